The van der Waals surface area contributed by atoms with Gasteiger partial charge >= 0.3 is 0 Å². The van der Waals surface area contributed by atoms with Crippen molar-refractivity contribution in [1.82, 2.24) is 4.98 Å². The van der Waals surface area contributed by atoms with Crippen molar-refractivity contribution in [2.75, 3.05) is 11.9 Å². The predicted octanol–water partition coefficient (Wildman–Crippen LogP) is 2.06. The molecule has 2 N–H and O–H groups in total. The van der Waals surface area contributed by atoms with Gasteiger partial charge in [-0.2, -0.15) is 0 Å². The number of aromatic amines is 1. The minimum atomic E-state index is 0.934. The number of hydrogen-bond donors (Lipinski definition) is 2. The molecule has 0 saturated heterocycles. The number of anilines is 1. The summed E-state index contributed by atoms with van der Waals surface area (Å²) in [6.07, 6.45) is 6.27. The van der Waals surface area contributed by atoms with Crippen LogP contribution < -0.4 is 5.32 Å². The van der Waals surface area contributed by atoms with E-state index in [-0.39, 0.29) is 0 Å². The number of hydrogen-bond acceptors (Lipinski definition) is 1. The fourth-order valence-corrected chi connectivity index (χ4v) is 1.66. The summed E-state index contributed by atoms with van der Waals surface area (Å²) < 4.78 is 1.27. The number of rotatable bonds is 0. The van der Waals surface area contributed by atoms with Gasteiger partial charge in [-0.05, 0) is 22.6 Å². The van der Waals surface area contributed by atoms with Gasteiger partial charge in [-0.25, -0.2) is 0 Å². The molecule has 3 heteroatoms. The Morgan fingerprint density at radius 1 is 1.50 bits per heavy atom. The van der Waals surface area contributed by atoms with E-state index in [9.17, 15) is 0 Å². The van der Waals surface area contributed by atoms with Gasteiger partial charge in [-0.3, -0.25) is 0 Å². The Bertz CT molecular complexity index is 275. The summed E-state index contributed by atoms with van der Waals surface area (Å²) in [4.78, 5) is 3.16. The lowest BCUT2D eigenvalue weighted by Crippen LogP contribution is -2.03. The van der Waals surface area contributed by atoms with E-state index in [0.29, 0.717) is 0 Å². The van der Waals surface area contributed by atoms with Gasteiger partial charge in [0.05, 0.1) is 0 Å². The Labute approximate surface area is 72.9 Å². The number of aromatic nitrogens is 1. The van der Waals surface area contributed by atoms with Crippen molar-refractivity contribution < 1.29 is 0 Å². The van der Waals surface area contributed by atoms with Crippen LogP contribution in [0.1, 0.15) is 5.56 Å². The molecule has 0 aliphatic carbocycles. The van der Waals surface area contributed by atoms with E-state index in [1.54, 1.807) is 0 Å². The van der Waals surface area contributed by atoms with E-state index in [1.165, 1.54) is 9.13 Å². The molecule has 0 aromatic carbocycles. The van der Waals surface area contributed by atoms with Crippen molar-refractivity contribution in [2.45, 2.75) is 0 Å². The topological polar surface area (TPSA) is 27.8 Å². The van der Waals surface area contributed by atoms with E-state index in [2.05, 4.69) is 45.0 Å². The fourth-order valence-electron chi connectivity index (χ4n) is 1.06. The minimum absolute atomic E-state index is 0.934. The van der Waals surface area contributed by atoms with Crippen molar-refractivity contribution in [2.24, 2.45) is 0 Å². The van der Waals surface area contributed by atoms with E-state index in [4.69, 9.17) is 0 Å². The highest BCUT2D eigenvalue weighted by Gasteiger charge is 2.07. The normalized spacial score (nSPS) is 14.5. The molecule has 1 aliphatic rings. The molecule has 1 aliphatic heterocycles. The predicted molar refractivity (Wildman–Crippen MR) is 51.0 cm³/mol. The summed E-state index contributed by atoms with van der Waals surface area (Å²) in [5.41, 5.74) is 1.28. The maximum absolute atomic E-state index is 3.24. The first-order chi connectivity index (χ1) is 4.88. The SMILES string of the molecule is Ic1c[nH]c2c1C=CCN2. The van der Waals surface area contributed by atoms with E-state index in [1.807, 2.05) is 6.20 Å². The third kappa shape index (κ3) is 0.847. The van der Waals surface area contributed by atoms with Crippen LogP contribution in [0.25, 0.3) is 6.08 Å². The summed E-state index contributed by atoms with van der Waals surface area (Å²) >= 11 is 2.32. The highest BCUT2D eigenvalue weighted by Crippen LogP contribution is 2.24. The second kappa shape index (κ2) is 2.30. The van der Waals surface area contributed by atoms with Gasteiger partial charge in [0.1, 0.15) is 5.82 Å². The summed E-state index contributed by atoms with van der Waals surface area (Å²) in [6.45, 7) is 0.934. The monoisotopic (exact) mass is 246 g/mol. The third-order valence-electron chi connectivity index (χ3n) is 1.55. The van der Waals surface area contributed by atoms with Crippen LogP contribution >= 0.6 is 22.6 Å². The largest absolute Gasteiger partial charge is 0.368 e. The first-order valence-electron chi connectivity index (χ1n) is 3.15. The first kappa shape index (κ1) is 6.27. The maximum Gasteiger partial charge on any atom is 0.111 e. The first-order valence-corrected chi connectivity index (χ1v) is 4.23. The molecule has 0 bridgehead atoms. The molecule has 52 valence electrons. The Hall–Kier alpha value is -0.450. The summed E-state index contributed by atoms with van der Waals surface area (Å²) in [7, 11) is 0. The molecule has 2 rings (SSSR count). The van der Waals surface area contributed by atoms with Crippen LogP contribution in [0.3, 0.4) is 0 Å². The second-order valence-corrected chi connectivity index (χ2v) is 3.37. The summed E-state index contributed by atoms with van der Waals surface area (Å²) in [6, 6.07) is 0. The third-order valence-corrected chi connectivity index (χ3v) is 2.44. The number of nitrogens with one attached hydrogen (secondary N) is 2. The molecule has 10 heavy (non-hydrogen) atoms. The van der Waals surface area contributed by atoms with Gasteiger partial charge in [0.2, 0.25) is 0 Å². The van der Waals surface area contributed by atoms with Crippen LogP contribution in [-0.4, -0.2) is 11.5 Å². The van der Waals surface area contributed by atoms with E-state index >= 15 is 0 Å². The quantitative estimate of drug-likeness (QED) is 0.674. The Balaban J connectivity index is 2.57. The maximum atomic E-state index is 3.24. The minimum Gasteiger partial charge on any atom is -0.368 e. The van der Waals surface area contributed by atoms with Crippen molar-refractivity contribution in [3.8, 4) is 0 Å². The van der Waals surface area contributed by atoms with E-state index < -0.39 is 0 Å². The Kier molecular flexibility index (Phi) is 1.44. The number of fused-ring (bicyclic) bond motifs is 1. The molecule has 0 atom stereocenters. The zero-order valence-corrected chi connectivity index (χ0v) is 7.47. The number of H-pyrrole nitrogens is 1. The zero-order chi connectivity index (χ0) is 6.97. The highest BCUT2D eigenvalue weighted by atomic mass is 127. The van der Waals surface area contributed by atoms with Crippen LogP contribution in [0, 0.1) is 3.57 Å². The fraction of sp³-hybridized carbons (Fsp3) is 0.143. The van der Waals surface area contributed by atoms with E-state index in [0.717, 1.165) is 12.4 Å². The van der Waals surface area contributed by atoms with Gasteiger partial charge in [0, 0.05) is 21.9 Å². The number of halogens is 1. The molecule has 0 saturated carbocycles. The zero-order valence-electron chi connectivity index (χ0n) is 5.32. The summed E-state index contributed by atoms with van der Waals surface area (Å²) in [5, 5.41) is 3.24. The Morgan fingerprint density at radius 3 is 3.20 bits per heavy atom. The Morgan fingerprint density at radius 2 is 2.40 bits per heavy atom. The lowest BCUT2D eigenvalue weighted by Gasteiger charge is -2.06. The molecule has 0 radical (unpaired) electrons. The molecule has 2 nitrogen and oxygen atoms in total. The lowest BCUT2D eigenvalue weighted by molar-refractivity contribution is 1.25. The summed E-state index contributed by atoms with van der Waals surface area (Å²) in [5.74, 6) is 1.15. The molecule has 0 amide bonds. The van der Waals surface area contributed by atoms with Crippen molar-refractivity contribution in [3.05, 3.63) is 21.4 Å². The van der Waals surface area contributed by atoms with Crippen LogP contribution in [0.4, 0.5) is 5.82 Å². The van der Waals surface area contributed by atoms with Gasteiger partial charge in [0.15, 0.2) is 0 Å². The van der Waals surface area contributed by atoms with Gasteiger partial charge in [0.25, 0.3) is 0 Å². The average molecular weight is 246 g/mol. The van der Waals surface area contributed by atoms with Crippen LogP contribution in [-0.2, 0) is 0 Å². The molecule has 0 unspecified atom stereocenters. The van der Waals surface area contributed by atoms with Crippen LogP contribution in [0.15, 0.2) is 12.3 Å². The second-order valence-electron chi connectivity index (χ2n) is 2.21. The molecule has 0 spiro atoms. The van der Waals surface area contributed by atoms with Gasteiger partial charge in [-0.15, -0.1) is 0 Å². The molecule has 2 heterocycles. The molecular formula is C7H7IN2. The smallest absolute Gasteiger partial charge is 0.111 e. The van der Waals surface area contributed by atoms with Crippen molar-refractivity contribution in [1.29, 1.82) is 0 Å². The lowest BCUT2D eigenvalue weighted by atomic mass is 10.2. The van der Waals surface area contributed by atoms with Crippen molar-refractivity contribution >= 4 is 34.5 Å². The van der Waals surface area contributed by atoms with Gasteiger partial charge < -0.3 is 10.3 Å². The highest BCUT2D eigenvalue weighted by molar-refractivity contribution is 14.1. The standard InChI is InChI=1S/C7H7IN2/c8-6-4-10-7-5(6)2-1-3-9-7/h1-2,4,9-10H,3H2. The molecular weight excluding hydrogens is 239 g/mol. The van der Waals surface area contributed by atoms with Gasteiger partial charge in [-0.1, -0.05) is 12.2 Å². The van der Waals surface area contributed by atoms with Crippen LogP contribution in [0.2, 0.25) is 0 Å². The van der Waals surface area contributed by atoms with Crippen LogP contribution in [0.5, 0.6) is 0 Å². The average Bonchev–Trinajstić information content (AvgIpc) is 2.34. The molecule has 0 fully saturated rings. The van der Waals surface area contributed by atoms with Crippen molar-refractivity contribution in [3.63, 3.8) is 0 Å². The molecule has 1 aromatic heterocycles. The molecule has 1 aromatic rings.